The normalized spacial score (nSPS) is 12.4. The number of hydrogen-bond acceptors (Lipinski definition) is 6. The average Bonchev–Trinajstić information content (AvgIpc) is 3.36. The van der Waals surface area contributed by atoms with E-state index in [0.29, 0.717) is 11.6 Å². The Labute approximate surface area is 211 Å². The topological polar surface area (TPSA) is 48.8 Å². The summed E-state index contributed by atoms with van der Waals surface area (Å²) in [5, 5.41) is 16.2. The first kappa shape index (κ1) is 24.9. The molecule has 2 heterocycles. The van der Waals surface area contributed by atoms with Gasteiger partial charge in [0.2, 0.25) is 0 Å². The first-order valence-electron chi connectivity index (χ1n) is 11.3. The Morgan fingerprint density at radius 3 is 2.59 bits per heavy atom. The molecule has 178 valence electrons. The molecule has 0 amide bonds. The van der Waals surface area contributed by atoms with Crippen molar-refractivity contribution in [3.05, 3.63) is 76.3 Å². The number of aromatic nitrogens is 1. The van der Waals surface area contributed by atoms with Crippen molar-refractivity contribution in [2.24, 2.45) is 0 Å². The van der Waals surface area contributed by atoms with Crippen molar-refractivity contribution in [3.63, 3.8) is 0 Å². The number of halogens is 1. The van der Waals surface area contributed by atoms with E-state index in [1.807, 2.05) is 54.5 Å². The van der Waals surface area contributed by atoms with E-state index in [1.54, 1.807) is 17.4 Å². The highest BCUT2D eigenvalue weighted by atomic mass is 35.5. The van der Waals surface area contributed by atoms with E-state index in [2.05, 4.69) is 41.8 Å². The lowest BCUT2D eigenvalue weighted by Crippen LogP contribution is -2.23. The number of rotatable bonds is 9. The molecule has 0 aliphatic rings. The van der Waals surface area contributed by atoms with Crippen LogP contribution in [-0.2, 0) is 11.2 Å². The molecular formula is C26H29ClN3O2PS. The Kier molecular flexibility index (Phi) is 8.07. The van der Waals surface area contributed by atoms with Gasteiger partial charge in [-0.05, 0) is 80.6 Å². The summed E-state index contributed by atoms with van der Waals surface area (Å²) < 4.78 is 7.86. The highest BCUT2D eigenvalue weighted by molar-refractivity contribution is 7.66. The number of aromatic hydroxyl groups is 1. The van der Waals surface area contributed by atoms with Crippen LogP contribution in [0.25, 0.3) is 10.9 Å². The zero-order valence-electron chi connectivity index (χ0n) is 19.8. The predicted octanol–water partition coefficient (Wildman–Crippen LogP) is 7.23. The lowest BCUT2D eigenvalue weighted by Gasteiger charge is -2.29. The molecule has 1 unspecified atom stereocenters. The SMILES string of the molecule is CCN(CC)Cc1cc(N(OP(C)c2cccs2)c2cc(C)nc3cc(Cl)ccc23)ccc1O. The number of benzene rings is 2. The molecule has 4 aromatic rings. The Morgan fingerprint density at radius 2 is 1.88 bits per heavy atom. The van der Waals surface area contributed by atoms with E-state index in [-0.39, 0.29) is 5.75 Å². The summed E-state index contributed by atoms with van der Waals surface area (Å²) in [6.45, 7) is 10.8. The lowest BCUT2D eigenvalue weighted by atomic mass is 10.1. The molecular weight excluding hydrogens is 485 g/mol. The fraction of sp³-hybridized carbons (Fsp3) is 0.269. The summed E-state index contributed by atoms with van der Waals surface area (Å²) in [6, 6.07) is 17.6. The molecule has 2 aromatic carbocycles. The number of nitrogens with zero attached hydrogens (tertiary/aromatic N) is 3. The Morgan fingerprint density at radius 1 is 1.09 bits per heavy atom. The van der Waals surface area contributed by atoms with Crippen LogP contribution in [0.15, 0.2) is 60.0 Å². The quantitative estimate of drug-likeness (QED) is 0.189. The van der Waals surface area contributed by atoms with Crippen LogP contribution in [0.2, 0.25) is 5.02 Å². The molecule has 5 nitrogen and oxygen atoms in total. The number of aryl methyl sites for hydroxylation is 1. The number of anilines is 2. The third-order valence-electron chi connectivity index (χ3n) is 5.70. The van der Waals surface area contributed by atoms with Crippen LogP contribution in [0.1, 0.15) is 25.1 Å². The molecule has 1 atom stereocenters. The van der Waals surface area contributed by atoms with Crippen molar-refractivity contribution < 1.29 is 9.73 Å². The third-order valence-corrected chi connectivity index (χ3v) is 8.88. The van der Waals surface area contributed by atoms with Gasteiger partial charge < -0.3 is 5.11 Å². The minimum Gasteiger partial charge on any atom is -0.508 e. The minimum atomic E-state index is -0.912. The summed E-state index contributed by atoms with van der Waals surface area (Å²) in [4.78, 5) is 6.96. The van der Waals surface area contributed by atoms with Crippen molar-refractivity contribution in [3.8, 4) is 5.75 Å². The monoisotopic (exact) mass is 513 g/mol. The molecule has 1 N–H and O–H groups in total. The maximum Gasteiger partial charge on any atom is 0.120 e. The van der Waals surface area contributed by atoms with Gasteiger partial charge in [-0.2, -0.15) is 0 Å². The fourth-order valence-corrected chi connectivity index (χ4v) is 6.13. The molecule has 0 saturated carbocycles. The van der Waals surface area contributed by atoms with Gasteiger partial charge in [0, 0.05) is 28.2 Å². The zero-order chi connectivity index (χ0) is 24.2. The molecule has 0 fully saturated rings. The van der Waals surface area contributed by atoms with E-state index in [4.69, 9.17) is 16.2 Å². The van der Waals surface area contributed by atoms with Crippen LogP contribution in [0.4, 0.5) is 11.4 Å². The van der Waals surface area contributed by atoms with Gasteiger partial charge in [-0.25, -0.2) is 9.69 Å². The molecule has 0 bridgehead atoms. The molecule has 0 saturated heterocycles. The molecule has 0 radical (unpaired) electrons. The van der Waals surface area contributed by atoms with E-state index in [0.717, 1.165) is 46.6 Å². The zero-order valence-corrected chi connectivity index (χ0v) is 22.3. The van der Waals surface area contributed by atoms with E-state index in [1.165, 1.54) is 4.62 Å². The molecule has 4 rings (SSSR count). The molecule has 0 spiro atoms. The summed E-state index contributed by atoms with van der Waals surface area (Å²) in [5.41, 5.74) is 4.30. The standard InChI is InChI=1S/C26H29ClN3O2PS/c1-5-29(6-2)17-19-15-21(10-12-25(19)31)30(32-33(4)26-8-7-13-34-26)24-14-18(3)28-23-16-20(27)9-11-22(23)24/h7-16,31H,5-6,17H2,1-4H3. The van der Waals surface area contributed by atoms with Gasteiger partial charge in [0.1, 0.15) is 13.9 Å². The maximum absolute atomic E-state index is 10.6. The van der Waals surface area contributed by atoms with Gasteiger partial charge in [0.05, 0.1) is 21.5 Å². The van der Waals surface area contributed by atoms with E-state index >= 15 is 0 Å². The third kappa shape index (κ3) is 5.54. The molecule has 0 aliphatic heterocycles. The number of fused-ring (bicyclic) bond motifs is 1. The Balaban J connectivity index is 1.84. The summed E-state index contributed by atoms with van der Waals surface area (Å²) in [6.07, 6.45) is 0. The van der Waals surface area contributed by atoms with Gasteiger partial charge in [-0.1, -0.05) is 31.5 Å². The summed E-state index contributed by atoms with van der Waals surface area (Å²) >= 11 is 7.97. The van der Waals surface area contributed by atoms with Gasteiger partial charge >= 0.3 is 0 Å². The molecule has 2 aromatic heterocycles. The molecule has 0 aliphatic carbocycles. The highest BCUT2D eigenvalue weighted by Gasteiger charge is 2.21. The van der Waals surface area contributed by atoms with Crippen LogP contribution in [0.5, 0.6) is 5.75 Å². The maximum atomic E-state index is 10.6. The van der Waals surface area contributed by atoms with Crippen molar-refractivity contribution in [2.45, 2.75) is 27.3 Å². The van der Waals surface area contributed by atoms with Gasteiger partial charge in [0.25, 0.3) is 0 Å². The fourth-order valence-electron chi connectivity index (χ4n) is 3.83. The van der Waals surface area contributed by atoms with Crippen LogP contribution in [-0.4, -0.2) is 34.7 Å². The predicted molar refractivity (Wildman–Crippen MR) is 146 cm³/mol. The number of hydrogen-bond donors (Lipinski definition) is 1. The first-order chi connectivity index (χ1) is 16.4. The van der Waals surface area contributed by atoms with Crippen LogP contribution < -0.4 is 9.68 Å². The number of phenols is 1. The van der Waals surface area contributed by atoms with Gasteiger partial charge in [-0.15, -0.1) is 11.3 Å². The van der Waals surface area contributed by atoms with Crippen molar-refractivity contribution in [2.75, 3.05) is 24.8 Å². The molecule has 8 heteroatoms. The number of phenolic OH excluding ortho intramolecular Hbond substituents is 1. The highest BCUT2D eigenvalue weighted by Crippen LogP contribution is 2.43. The van der Waals surface area contributed by atoms with Crippen molar-refractivity contribution in [1.29, 1.82) is 0 Å². The Bertz CT molecular complexity index is 1260. The number of thiophene rings is 1. The summed E-state index contributed by atoms with van der Waals surface area (Å²) in [7, 11) is -0.912. The molecule has 34 heavy (non-hydrogen) atoms. The van der Waals surface area contributed by atoms with Crippen LogP contribution in [0.3, 0.4) is 0 Å². The smallest absolute Gasteiger partial charge is 0.120 e. The van der Waals surface area contributed by atoms with E-state index in [9.17, 15) is 5.11 Å². The second kappa shape index (κ2) is 11.0. The Hall–Kier alpha value is -2.21. The number of pyridine rings is 1. The lowest BCUT2D eigenvalue weighted by molar-refractivity contribution is 0.290. The van der Waals surface area contributed by atoms with Gasteiger partial charge in [-0.3, -0.25) is 9.88 Å². The van der Waals surface area contributed by atoms with Crippen molar-refractivity contribution in [1.82, 2.24) is 9.88 Å². The van der Waals surface area contributed by atoms with Crippen molar-refractivity contribution >= 4 is 58.0 Å². The minimum absolute atomic E-state index is 0.287. The second-order valence-electron chi connectivity index (χ2n) is 8.04. The second-order valence-corrected chi connectivity index (χ2v) is 11.4. The summed E-state index contributed by atoms with van der Waals surface area (Å²) in [5.74, 6) is 0.287. The van der Waals surface area contributed by atoms with E-state index < -0.39 is 8.15 Å². The van der Waals surface area contributed by atoms with Crippen LogP contribution in [0, 0.1) is 6.92 Å². The van der Waals surface area contributed by atoms with Gasteiger partial charge in [0.15, 0.2) is 0 Å². The first-order valence-corrected chi connectivity index (χ1v) is 14.2. The largest absolute Gasteiger partial charge is 0.508 e. The average molecular weight is 514 g/mol. The van der Waals surface area contributed by atoms with Crippen LogP contribution >= 0.6 is 31.1 Å².